The summed E-state index contributed by atoms with van der Waals surface area (Å²) in [5.74, 6) is -0.514. The van der Waals surface area contributed by atoms with Crippen molar-refractivity contribution in [2.75, 3.05) is 27.2 Å². The van der Waals surface area contributed by atoms with Crippen molar-refractivity contribution >= 4 is 24.8 Å². The van der Waals surface area contributed by atoms with E-state index in [1.54, 1.807) is 6.07 Å². The fourth-order valence-corrected chi connectivity index (χ4v) is 5.06. The van der Waals surface area contributed by atoms with Gasteiger partial charge in [-0.3, -0.25) is 4.90 Å². The summed E-state index contributed by atoms with van der Waals surface area (Å²) in [5, 5.41) is 18.3. The first kappa shape index (κ1) is 29.3. The van der Waals surface area contributed by atoms with Gasteiger partial charge in [0.1, 0.15) is 5.75 Å². The van der Waals surface area contributed by atoms with Crippen LogP contribution in [-0.2, 0) is 0 Å². The normalized spacial score (nSPS) is 24.7. The Morgan fingerprint density at radius 3 is 2.44 bits per heavy atom. The van der Waals surface area contributed by atoms with E-state index in [1.165, 1.54) is 12.1 Å². The second kappa shape index (κ2) is 12.6. The maximum atomic E-state index is 12.8. The minimum absolute atomic E-state index is 0. The van der Waals surface area contributed by atoms with Crippen molar-refractivity contribution in [2.24, 2.45) is 0 Å². The summed E-state index contributed by atoms with van der Waals surface area (Å²) >= 11 is 0. The molecule has 0 aromatic heterocycles. The quantitative estimate of drug-likeness (QED) is 0.515. The molecule has 32 heavy (non-hydrogen) atoms. The van der Waals surface area contributed by atoms with Crippen LogP contribution in [0.5, 0.6) is 5.75 Å². The molecule has 1 aromatic carbocycles. The third-order valence-corrected chi connectivity index (χ3v) is 6.73. The number of piperidine rings is 1. The molecule has 186 valence electrons. The molecule has 1 saturated heterocycles. The highest BCUT2D eigenvalue weighted by molar-refractivity contribution is 5.85. The standard InChI is InChI=1S/C22H34F3N3O2.2ClH/c1-26-17-9-12-28(20(14-17)27-2)15-19(21(29)10-4-3-5-11-21)16-7-6-8-18(13-16)30-22(23,24)25;;/h6-8,13,17,19-20,26-27,29H,3-5,9-12,14-15H2,1-2H3;2*1H/t17?,19-,20?;;/m1../s1. The van der Waals surface area contributed by atoms with Crippen molar-refractivity contribution in [3.05, 3.63) is 29.8 Å². The fourth-order valence-electron chi connectivity index (χ4n) is 5.06. The first-order valence-electron chi connectivity index (χ1n) is 10.9. The van der Waals surface area contributed by atoms with Crippen molar-refractivity contribution in [1.29, 1.82) is 0 Å². The topological polar surface area (TPSA) is 56.8 Å². The molecule has 3 atom stereocenters. The summed E-state index contributed by atoms with van der Waals surface area (Å²) in [6.45, 7) is 1.45. The molecule has 0 amide bonds. The van der Waals surface area contributed by atoms with Crippen LogP contribution in [0.4, 0.5) is 13.2 Å². The van der Waals surface area contributed by atoms with Crippen LogP contribution in [-0.4, -0.2) is 61.4 Å². The smallest absolute Gasteiger partial charge is 0.406 e. The fraction of sp³-hybridized carbons (Fsp3) is 0.727. The number of nitrogens with zero attached hydrogens (tertiary/aromatic N) is 1. The molecule has 10 heteroatoms. The number of alkyl halides is 3. The van der Waals surface area contributed by atoms with Crippen LogP contribution < -0.4 is 15.4 Å². The van der Waals surface area contributed by atoms with Crippen molar-refractivity contribution in [1.82, 2.24) is 15.5 Å². The molecule has 1 heterocycles. The Bertz CT molecular complexity index is 691. The lowest BCUT2D eigenvalue weighted by Gasteiger charge is -2.46. The van der Waals surface area contributed by atoms with Crippen LogP contribution in [0.3, 0.4) is 0 Å². The molecule has 0 bridgehead atoms. The van der Waals surface area contributed by atoms with Crippen LogP contribution in [0.1, 0.15) is 56.4 Å². The monoisotopic (exact) mass is 501 g/mol. The van der Waals surface area contributed by atoms with Crippen LogP contribution >= 0.6 is 24.8 Å². The molecule has 2 aliphatic rings. The second-order valence-electron chi connectivity index (χ2n) is 8.65. The highest BCUT2D eigenvalue weighted by Gasteiger charge is 2.41. The number of halogens is 5. The summed E-state index contributed by atoms with van der Waals surface area (Å²) in [6, 6.07) is 6.58. The van der Waals surface area contributed by atoms with Crippen molar-refractivity contribution in [3.63, 3.8) is 0 Å². The highest BCUT2D eigenvalue weighted by Crippen LogP contribution is 2.42. The Balaban J connectivity index is 0.00000256. The lowest BCUT2D eigenvalue weighted by atomic mass is 9.72. The largest absolute Gasteiger partial charge is 0.573 e. The van der Waals surface area contributed by atoms with Crippen molar-refractivity contribution < 1.29 is 23.0 Å². The zero-order valence-corrected chi connectivity index (χ0v) is 20.3. The molecule has 1 aliphatic carbocycles. The van der Waals surface area contributed by atoms with Gasteiger partial charge in [-0.1, -0.05) is 31.4 Å². The van der Waals surface area contributed by atoms with E-state index < -0.39 is 12.0 Å². The van der Waals surface area contributed by atoms with Crippen LogP contribution in [0.15, 0.2) is 24.3 Å². The summed E-state index contributed by atoms with van der Waals surface area (Å²) in [7, 11) is 3.89. The summed E-state index contributed by atoms with van der Waals surface area (Å²) in [4.78, 5) is 2.32. The molecular formula is C22H36Cl2F3N3O2. The van der Waals surface area contributed by atoms with Crippen molar-refractivity contribution in [2.45, 2.75) is 75.0 Å². The van der Waals surface area contributed by atoms with Crippen molar-refractivity contribution in [3.8, 4) is 5.75 Å². The Morgan fingerprint density at radius 2 is 1.84 bits per heavy atom. The van der Waals surface area contributed by atoms with Gasteiger partial charge in [-0.25, -0.2) is 0 Å². The molecule has 3 rings (SSSR count). The number of nitrogens with one attached hydrogen (secondary N) is 2. The lowest BCUT2D eigenvalue weighted by Crippen LogP contribution is -2.56. The molecule has 2 unspecified atom stereocenters. The van der Waals surface area contributed by atoms with Gasteiger partial charge < -0.3 is 20.5 Å². The molecule has 1 aliphatic heterocycles. The third-order valence-electron chi connectivity index (χ3n) is 6.73. The Hall–Kier alpha value is -0.770. The van der Waals surface area contributed by atoms with Crippen LogP contribution in [0.25, 0.3) is 0 Å². The van der Waals surface area contributed by atoms with Crippen LogP contribution in [0.2, 0.25) is 0 Å². The first-order chi connectivity index (χ1) is 14.2. The van der Waals surface area contributed by atoms with E-state index in [-0.39, 0.29) is 42.6 Å². The number of ether oxygens (including phenoxy) is 1. The van der Waals surface area contributed by atoms with Gasteiger partial charge in [-0.2, -0.15) is 0 Å². The number of hydrogen-bond donors (Lipinski definition) is 3. The van der Waals surface area contributed by atoms with Gasteiger partial charge in [-0.15, -0.1) is 38.0 Å². The van der Waals surface area contributed by atoms with E-state index in [9.17, 15) is 18.3 Å². The molecule has 0 spiro atoms. The van der Waals surface area contributed by atoms with Gasteiger partial charge in [0.2, 0.25) is 0 Å². The predicted molar refractivity (Wildman–Crippen MR) is 125 cm³/mol. The Morgan fingerprint density at radius 1 is 1.16 bits per heavy atom. The summed E-state index contributed by atoms with van der Waals surface area (Å²) in [6.07, 6.45) is 1.64. The maximum absolute atomic E-state index is 12.8. The summed E-state index contributed by atoms with van der Waals surface area (Å²) < 4.78 is 42.4. The average Bonchev–Trinajstić information content (AvgIpc) is 2.71. The minimum Gasteiger partial charge on any atom is -0.406 e. The third kappa shape index (κ3) is 7.64. The zero-order chi connectivity index (χ0) is 21.8. The first-order valence-corrected chi connectivity index (χ1v) is 10.9. The van der Waals surface area contributed by atoms with Gasteiger partial charge in [0, 0.05) is 25.0 Å². The van der Waals surface area contributed by atoms with E-state index in [4.69, 9.17) is 0 Å². The van der Waals surface area contributed by atoms with Gasteiger partial charge in [0.05, 0.1) is 11.8 Å². The van der Waals surface area contributed by atoms with Gasteiger partial charge in [-0.05, 0) is 57.5 Å². The minimum atomic E-state index is -4.73. The number of aliphatic hydroxyl groups is 1. The van der Waals surface area contributed by atoms with Gasteiger partial charge in [0.25, 0.3) is 0 Å². The van der Waals surface area contributed by atoms with E-state index in [0.717, 1.165) is 38.6 Å². The second-order valence-corrected chi connectivity index (χ2v) is 8.65. The average molecular weight is 502 g/mol. The van der Waals surface area contributed by atoms with E-state index in [2.05, 4.69) is 20.3 Å². The SMILES string of the molecule is CNC1CCN(C[C@H](c2cccc(OC(F)(F)F)c2)C2(O)CCCCC2)C(NC)C1.Cl.Cl. The molecular weight excluding hydrogens is 466 g/mol. The van der Waals surface area contributed by atoms with Crippen LogP contribution in [0, 0.1) is 0 Å². The van der Waals surface area contributed by atoms with Gasteiger partial charge in [0.15, 0.2) is 0 Å². The van der Waals surface area contributed by atoms with E-state index in [1.807, 2.05) is 20.2 Å². The summed E-state index contributed by atoms with van der Waals surface area (Å²) in [5.41, 5.74) is -0.223. The lowest BCUT2D eigenvalue weighted by molar-refractivity contribution is -0.274. The Kier molecular flexibility index (Phi) is 11.5. The zero-order valence-electron chi connectivity index (χ0n) is 18.7. The Labute approximate surface area is 201 Å². The van der Waals surface area contributed by atoms with E-state index in [0.29, 0.717) is 31.0 Å². The molecule has 1 saturated carbocycles. The van der Waals surface area contributed by atoms with Gasteiger partial charge >= 0.3 is 6.36 Å². The number of likely N-dealkylation sites (tertiary alicyclic amines) is 1. The number of benzene rings is 1. The molecule has 2 fully saturated rings. The molecule has 5 nitrogen and oxygen atoms in total. The number of rotatable bonds is 7. The maximum Gasteiger partial charge on any atom is 0.573 e. The van der Waals surface area contributed by atoms with E-state index >= 15 is 0 Å². The predicted octanol–water partition coefficient (Wildman–Crippen LogP) is 4.44. The molecule has 3 N–H and O–H groups in total. The highest BCUT2D eigenvalue weighted by atomic mass is 35.5. The molecule has 1 aromatic rings. The molecule has 0 radical (unpaired) electrons. The number of hydrogen-bond acceptors (Lipinski definition) is 5.